The summed E-state index contributed by atoms with van der Waals surface area (Å²) in [6.45, 7) is 6.78. The topological polar surface area (TPSA) is 320 Å². The van der Waals surface area contributed by atoms with Gasteiger partial charge in [-0.25, -0.2) is 0 Å². The van der Waals surface area contributed by atoms with Crippen LogP contribution in [-0.4, -0.2) is 166 Å². The number of rotatable bonds is 3. The van der Waals surface area contributed by atoms with E-state index in [9.17, 15) is 65.8 Å². The number of carbonyl (C=O) groups is 2. The van der Waals surface area contributed by atoms with Crippen LogP contribution in [0.4, 0.5) is 0 Å². The van der Waals surface area contributed by atoms with Crippen molar-refractivity contribution in [2.24, 2.45) is 23.5 Å². The summed E-state index contributed by atoms with van der Waals surface area (Å²) in [5.41, 5.74) is 6.02. The zero-order valence-corrected chi connectivity index (χ0v) is 37.8. The smallest absolute Gasteiger partial charge is 0.311 e. The predicted octanol–water partition coefficient (Wildman–Crippen LogP) is 0.936. The van der Waals surface area contributed by atoms with Gasteiger partial charge in [0.05, 0.1) is 79.6 Å². The number of hydrogen-bond acceptors (Lipinski definition) is 17. The second-order valence-corrected chi connectivity index (χ2v) is 17.8. The number of ether oxygens (including phenoxy) is 4. The second kappa shape index (κ2) is 27.6. The van der Waals surface area contributed by atoms with Crippen molar-refractivity contribution in [3.8, 4) is 0 Å². The monoisotopic (exact) mass is 926 g/mol. The van der Waals surface area contributed by atoms with E-state index in [4.69, 9.17) is 24.7 Å². The summed E-state index contributed by atoms with van der Waals surface area (Å²) in [4.78, 5) is 25.1. The van der Waals surface area contributed by atoms with Crippen molar-refractivity contribution in [3.63, 3.8) is 0 Å². The van der Waals surface area contributed by atoms with Crippen molar-refractivity contribution in [3.05, 3.63) is 72.9 Å². The third-order valence-corrected chi connectivity index (χ3v) is 12.2. The van der Waals surface area contributed by atoms with Gasteiger partial charge in [-0.1, -0.05) is 86.8 Å². The number of carbonyl (C=O) groups excluding carboxylic acids is 1. The predicted molar refractivity (Wildman–Crippen MR) is 237 cm³/mol. The first kappa shape index (κ1) is 56.1. The fourth-order valence-corrected chi connectivity index (χ4v) is 8.11. The molecular formula is C47H75NO17. The maximum absolute atomic E-state index is 12.6. The number of fused-ring (bicyclic) bond motifs is 2. The van der Waals surface area contributed by atoms with E-state index in [2.05, 4.69) is 0 Å². The van der Waals surface area contributed by atoms with Gasteiger partial charge in [0.2, 0.25) is 0 Å². The van der Waals surface area contributed by atoms with Crippen molar-refractivity contribution in [1.29, 1.82) is 0 Å². The third-order valence-electron chi connectivity index (χ3n) is 12.2. The molecule has 13 N–H and O–H groups in total. The van der Waals surface area contributed by atoms with Crippen LogP contribution in [0.15, 0.2) is 72.9 Å². The zero-order valence-electron chi connectivity index (χ0n) is 37.8. The van der Waals surface area contributed by atoms with E-state index in [0.717, 1.165) is 12.8 Å². The number of aliphatic carboxylic acids is 1. The Balaban J connectivity index is 1.84. The number of nitrogens with two attached hydrogens (primary N) is 1. The van der Waals surface area contributed by atoms with Crippen LogP contribution < -0.4 is 5.73 Å². The quantitative estimate of drug-likeness (QED) is 0.175. The van der Waals surface area contributed by atoms with Crippen LogP contribution in [0.1, 0.15) is 91.9 Å². The minimum absolute atomic E-state index is 0.138. The molecule has 19 unspecified atom stereocenters. The number of aliphatic hydroxyl groups excluding tert-OH is 9. The van der Waals surface area contributed by atoms with Crippen LogP contribution >= 0.6 is 0 Å². The van der Waals surface area contributed by atoms with Gasteiger partial charge in [0.25, 0.3) is 0 Å². The molecule has 3 rings (SSSR count). The molecule has 0 aromatic carbocycles. The van der Waals surface area contributed by atoms with Crippen LogP contribution in [0.3, 0.4) is 0 Å². The Kier molecular flexibility index (Phi) is 23.8. The molecule has 0 aromatic heterocycles. The summed E-state index contributed by atoms with van der Waals surface area (Å²) < 4.78 is 23.2. The van der Waals surface area contributed by atoms with Gasteiger partial charge in [-0.3, -0.25) is 9.59 Å². The zero-order chi connectivity index (χ0) is 48.4. The SMILES string of the molecule is CC1/C=C/C=C/CC/C=C/C=C\C=C\C=C\C(OC2OC(C)C(O)C(N)C2O)CC2OC(O)(CC(O)C(O)CCC(O)CC(O)CC(O)CC(=O)OC(C)C(C)C1O)CC(O)C2C(=O)O. The summed E-state index contributed by atoms with van der Waals surface area (Å²) in [6, 6.07) is -1.14. The van der Waals surface area contributed by atoms with E-state index >= 15 is 0 Å². The van der Waals surface area contributed by atoms with Gasteiger partial charge in [-0.15, -0.1) is 0 Å². The van der Waals surface area contributed by atoms with E-state index in [-0.39, 0.29) is 38.0 Å². The number of hydrogen-bond donors (Lipinski definition) is 12. The van der Waals surface area contributed by atoms with Crippen LogP contribution in [0, 0.1) is 17.8 Å². The van der Waals surface area contributed by atoms with Crippen molar-refractivity contribution < 1.29 is 84.7 Å². The van der Waals surface area contributed by atoms with E-state index in [0.29, 0.717) is 0 Å². The second-order valence-electron chi connectivity index (χ2n) is 17.8. The highest BCUT2D eigenvalue weighted by atomic mass is 16.7. The Morgan fingerprint density at radius 1 is 0.692 bits per heavy atom. The molecule has 0 amide bonds. The maximum atomic E-state index is 12.6. The lowest BCUT2D eigenvalue weighted by Gasteiger charge is -2.45. The van der Waals surface area contributed by atoms with Crippen molar-refractivity contribution in [2.45, 2.75) is 189 Å². The van der Waals surface area contributed by atoms with Crippen molar-refractivity contribution >= 4 is 11.9 Å². The van der Waals surface area contributed by atoms with Gasteiger partial charge in [-0.05, 0) is 52.4 Å². The maximum Gasteiger partial charge on any atom is 0.311 e. The Morgan fingerprint density at radius 3 is 1.94 bits per heavy atom. The van der Waals surface area contributed by atoms with E-state index in [1.54, 1.807) is 38.2 Å². The molecule has 0 aliphatic carbocycles. The molecule has 19 atom stereocenters. The molecule has 2 fully saturated rings. The van der Waals surface area contributed by atoms with Gasteiger partial charge in [0.1, 0.15) is 18.1 Å². The summed E-state index contributed by atoms with van der Waals surface area (Å²) in [7, 11) is 0. The largest absolute Gasteiger partial charge is 0.481 e. The van der Waals surface area contributed by atoms with E-state index in [1.807, 2.05) is 49.5 Å². The molecule has 0 aromatic rings. The normalized spacial score (nSPS) is 45.2. The standard InChI is InChI=1S/C47H75NO17/c1-27-17-15-13-11-9-7-5-6-8-10-12-14-16-18-34(64-46-44(58)41(48)43(57)30(4)63-46)24-38-40(45(59)60)37(54)26-47(61,65-38)25-36(53)35(52)20-19-31(49)21-32(50)22-33(51)23-39(55)62-29(3)28(2)42(27)56/h5-6,8,10-18,27-38,40-44,46,49-54,56-58,61H,7,9,19-26,48H2,1-4H3,(H,59,60)/b6-5+,10-8-,13-11+,14-12+,17-15+,18-16+. The lowest BCUT2D eigenvalue weighted by Crippen LogP contribution is -2.61. The Morgan fingerprint density at radius 2 is 1.28 bits per heavy atom. The Labute approximate surface area is 381 Å². The first-order valence-electron chi connectivity index (χ1n) is 22.6. The summed E-state index contributed by atoms with van der Waals surface area (Å²) >= 11 is 0. The summed E-state index contributed by atoms with van der Waals surface area (Å²) in [5, 5.41) is 118. The Bertz CT molecular complexity index is 1620. The lowest BCUT2D eigenvalue weighted by molar-refractivity contribution is -0.310. The summed E-state index contributed by atoms with van der Waals surface area (Å²) in [6.07, 6.45) is 2.28. The average molecular weight is 926 g/mol. The van der Waals surface area contributed by atoms with Gasteiger partial charge >= 0.3 is 11.9 Å². The van der Waals surface area contributed by atoms with Gasteiger partial charge < -0.3 is 80.9 Å². The fraction of sp³-hybridized carbons (Fsp3) is 0.702. The lowest BCUT2D eigenvalue weighted by atomic mass is 9.82. The molecule has 65 heavy (non-hydrogen) atoms. The van der Waals surface area contributed by atoms with Crippen LogP contribution in [-0.2, 0) is 28.5 Å². The number of allylic oxidation sites excluding steroid dienone is 10. The highest BCUT2D eigenvalue weighted by Crippen LogP contribution is 2.38. The third kappa shape index (κ3) is 18.8. The van der Waals surface area contributed by atoms with Crippen LogP contribution in [0.5, 0.6) is 0 Å². The molecule has 0 spiro atoms. The molecule has 370 valence electrons. The highest BCUT2D eigenvalue weighted by molar-refractivity contribution is 5.71. The van der Waals surface area contributed by atoms with E-state index < -0.39 is 141 Å². The molecule has 3 aliphatic rings. The fourth-order valence-electron chi connectivity index (χ4n) is 8.11. The molecule has 2 saturated heterocycles. The number of carboxylic acids is 1. The van der Waals surface area contributed by atoms with Crippen molar-refractivity contribution in [2.75, 3.05) is 0 Å². The molecule has 0 radical (unpaired) electrons. The number of esters is 1. The van der Waals surface area contributed by atoms with E-state index in [1.165, 1.54) is 13.0 Å². The minimum atomic E-state index is -2.35. The van der Waals surface area contributed by atoms with Crippen LogP contribution in [0.25, 0.3) is 0 Å². The molecule has 18 heteroatoms. The average Bonchev–Trinajstić information content (AvgIpc) is 3.21. The first-order valence-corrected chi connectivity index (χ1v) is 22.6. The number of carboxylic acid groups (broad SMARTS) is 1. The molecule has 2 bridgehead atoms. The van der Waals surface area contributed by atoms with Gasteiger partial charge in [-0.2, -0.15) is 0 Å². The molecule has 18 nitrogen and oxygen atoms in total. The molecule has 3 heterocycles. The number of cyclic esters (lactones) is 1. The van der Waals surface area contributed by atoms with Crippen LogP contribution in [0.2, 0.25) is 0 Å². The minimum Gasteiger partial charge on any atom is -0.481 e. The highest BCUT2D eigenvalue weighted by Gasteiger charge is 2.51. The molecular weight excluding hydrogens is 851 g/mol. The summed E-state index contributed by atoms with van der Waals surface area (Å²) in [5.74, 6) is -6.82. The first-order chi connectivity index (χ1) is 30.6. The molecule has 3 aliphatic heterocycles. The van der Waals surface area contributed by atoms with Gasteiger partial charge in [0.15, 0.2) is 12.1 Å². The Hall–Kier alpha value is -3.18. The number of aliphatic hydroxyl groups is 10. The van der Waals surface area contributed by atoms with Gasteiger partial charge in [0, 0.05) is 31.1 Å². The van der Waals surface area contributed by atoms with Crippen molar-refractivity contribution in [1.82, 2.24) is 0 Å². The molecule has 0 saturated carbocycles.